The van der Waals surface area contributed by atoms with Crippen LogP contribution in [0.1, 0.15) is 55.4 Å². The van der Waals surface area contributed by atoms with Crippen LogP contribution < -0.4 is 5.32 Å². The zero-order valence-corrected chi connectivity index (χ0v) is 14.5. The molecule has 0 radical (unpaired) electrons. The van der Waals surface area contributed by atoms with Crippen molar-refractivity contribution >= 4 is 5.91 Å². The number of aryl methyl sites for hydroxylation is 1. The first-order chi connectivity index (χ1) is 11.6. The number of rotatable bonds is 8. The second-order valence-corrected chi connectivity index (χ2v) is 6.48. The summed E-state index contributed by atoms with van der Waals surface area (Å²) in [6.45, 7) is 4.54. The minimum absolute atomic E-state index is 0.0104. The Balaban J connectivity index is 1.70. The Labute approximate surface area is 144 Å². The van der Waals surface area contributed by atoms with E-state index in [4.69, 9.17) is 0 Å². The molecule has 1 amide bonds. The molecule has 2 aromatic carbocycles. The first-order valence-electron chi connectivity index (χ1n) is 8.65. The number of hydrogen-bond acceptors (Lipinski definition) is 2. The van der Waals surface area contributed by atoms with E-state index in [1.165, 1.54) is 11.1 Å². The van der Waals surface area contributed by atoms with Crippen LogP contribution in [0.4, 0.5) is 0 Å². The van der Waals surface area contributed by atoms with Gasteiger partial charge >= 0.3 is 0 Å². The average molecular weight is 325 g/mol. The molecule has 0 heterocycles. The van der Waals surface area contributed by atoms with E-state index in [0.717, 1.165) is 18.4 Å². The largest absolute Gasteiger partial charge is 0.387 e. The maximum atomic E-state index is 11.9. The summed E-state index contributed by atoms with van der Waals surface area (Å²) in [5, 5.41) is 13.0. The fourth-order valence-corrected chi connectivity index (χ4v) is 2.62. The molecule has 0 fully saturated rings. The van der Waals surface area contributed by atoms with E-state index in [2.05, 4.69) is 31.3 Å². The quantitative estimate of drug-likeness (QED) is 0.771. The molecule has 2 rings (SSSR count). The summed E-state index contributed by atoms with van der Waals surface area (Å²) in [6, 6.07) is 18.1. The topological polar surface area (TPSA) is 49.3 Å². The first-order valence-corrected chi connectivity index (χ1v) is 8.65. The van der Waals surface area contributed by atoms with Crippen molar-refractivity contribution < 1.29 is 9.90 Å². The van der Waals surface area contributed by atoms with E-state index in [1.54, 1.807) is 0 Å². The second kappa shape index (κ2) is 9.24. The number of benzene rings is 2. The highest BCUT2D eigenvalue weighted by Crippen LogP contribution is 2.18. The van der Waals surface area contributed by atoms with Gasteiger partial charge in [-0.15, -0.1) is 0 Å². The van der Waals surface area contributed by atoms with Gasteiger partial charge in [0.15, 0.2) is 0 Å². The molecule has 3 heteroatoms. The summed E-state index contributed by atoms with van der Waals surface area (Å²) >= 11 is 0. The fourth-order valence-electron chi connectivity index (χ4n) is 2.62. The number of carbonyl (C=O) groups excluding carboxylic acids is 1. The molecule has 3 nitrogen and oxygen atoms in total. The van der Waals surface area contributed by atoms with Gasteiger partial charge in [0.1, 0.15) is 0 Å². The van der Waals surface area contributed by atoms with Crippen molar-refractivity contribution in [1.82, 2.24) is 5.32 Å². The molecule has 0 bridgehead atoms. The molecule has 0 aliphatic heterocycles. The van der Waals surface area contributed by atoms with E-state index in [0.29, 0.717) is 12.3 Å². The predicted octanol–water partition coefficient (Wildman–Crippen LogP) is 3.98. The summed E-state index contributed by atoms with van der Waals surface area (Å²) in [5.74, 6) is 0.462. The zero-order valence-electron chi connectivity index (χ0n) is 14.5. The Morgan fingerprint density at radius 3 is 2.25 bits per heavy atom. The molecule has 24 heavy (non-hydrogen) atoms. The van der Waals surface area contributed by atoms with E-state index in [9.17, 15) is 9.90 Å². The molecular weight excluding hydrogens is 298 g/mol. The molecule has 0 spiro atoms. The van der Waals surface area contributed by atoms with Gasteiger partial charge in [-0.25, -0.2) is 0 Å². The van der Waals surface area contributed by atoms with Crippen molar-refractivity contribution in [2.24, 2.45) is 0 Å². The van der Waals surface area contributed by atoms with Crippen molar-refractivity contribution in [3.05, 3.63) is 71.3 Å². The van der Waals surface area contributed by atoms with Crippen molar-refractivity contribution in [3.8, 4) is 0 Å². The molecule has 128 valence electrons. The molecular formula is C21H27NO2. The summed E-state index contributed by atoms with van der Waals surface area (Å²) < 4.78 is 0. The number of nitrogens with one attached hydrogen (secondary N) is 1. The molecule has 0 saturated carbocycles. The van der Waals surface area contributed by atoms with Crippen molar-refractivity contribution in [1.29, 1.82) is 0 Å². The van der Waals surface area contributed by atoms with Crippen LogP contribution in [0.3, 0.4) is 0 Å². The standard InChI is InChI=1S/C21H27NO2/c1-16(2)18-11-13-19(14-12-18)20(23)15-22-21(24)10-6-9-17-7-4-3-5-8-17/h3-5,7-8,11-14,16,20,23H,6,9-10,15H2,1-2H3,(H,22,24). The lowest BCUT2D eigenvalue weighted by molar-refractivity contribution is -0.121. The zero-order chi connectivity index (χ0) is 17.4. The molecule has 2 aromatic rings. The molecule has 0 aliphatic rings. The van der Waals surface area contributed by atoms with Crippen LogP contribution in [-0.4, -0.2) is 17.6 Å². The molecule has 1 unspecified atom stereocenters. The van der Waals surface area contributed by atoms with Gasteiger partial charge in [-0.05, 0) is 35.4 Å². The summed E-state index contributed by atoms with van der Waals surface area (Å²) in [6.07, 6.45) is 1.53. The van der Waals surface area contributed by atoms with Gasteiger partial charge in [0.05, 0.1) is 6.10 Å². The molecule has 0 saturated heterocycles. The van der Waals surface area contributed by atoms with Crippen LogP contribution in [0.15, 0.2) is 54.6 Å². The van der Waals surface area contributed by atoms with Gasteiger partial charge in [0.2, 0.25) is 5.91 Å². The van der Waals surface area contributed by atoms with Crippen LogP contribution in [0.5, 0.6) is 0 Å². The third-order valence-electron chi connectivity index (χ3n) is 4.19. The lowest BCUT2D eigenvalue weighted by Gasteiger charge is -2.14. The smallest absolute Gasteiger partial charge is 0.220 e. The lowest BCUT2D eigenvalue weighted by atomic mass is 10.00. The third kappa shape index (κ3) is 5.82. The Morgan fingerprint density at radius 2 is 1.62 bits per heavy atom. The van der Waals surface area contributed by atoms with E-state index >= 15 is 0 Å². The number of carbonyl (C=O) groups is 1. The van der Waals surface area contributed by atoms with Gasteiger partial charge in [-0.3, -0.25) is 4.79 Å². The van der Waals surface area contributed by atoms with Gasteiger partial charge < -0.3 is 10.4 Å². The van der Waals surface area contributed by atoms with Crippen molar-refractivity contribution in [2.45, 2.75) is 45.1 Å². The van der Waals surface area contributed by atoms with Crippen LogP contribution in [0.25, 0.3) is 0 Å². The summed E-state index contributed by atoms with van der Waals surface area (Å²) in [7, 11) is 0. The molecule has 1 atom stereocenters. The normalized spacial score (nSPS) is 12.2. The van der Waals surface area contributed by atoms with E-state index < -0.39 is 6.10 Å². The highest BCUT2D eigenvalue weighted by atomic mass is 16.3. The lowest BCUT2D eigenvalue weighted by Crippen LogP contribution is -2.28. The van der Waals surface area contributed by atoms with E-state index in [-0.39, 0.29) is 12.5 Å². The van der Waals surface area contributed by atoms with Crippen molar-refractivity contribution in [2.75, 3.05) is 6.54 Å². The van der Waals surface area contributed by atoms with Crippen LogP contribution >= 0.6 is 0 Å². The summed E-state index contributed by atoms with van der Waals surface area (Å²) in [4.78, 5) is 11.9. The predicted molar refractivity (Wildman–Crippen MR) is 97.9 cm³/mol. The Bertz CT molecular complexity index is 620. The third-order valence-corrected chi connectivity index (χ3v) is 4.19. The van der Waals surface area contributed by atoms with Crippen molar-refractivity contribution in [3.63, 3.8) is 0 Å². The van der Waals surface area contributed by atoms with E-state index in [1.807, 2.05) is 42.5 Å². The maximum absolute atomic E-state index is 11.9. The Morgan fingerprint density at radius 1 is 1.00 bits per heavy atom. The monoisotopic (exact) mass is 325 g/mol. The Hall–Kier alpha value is -2.13. The van der Waals surface area contributed by atoms with Gasteiger partial charge in [-0.2, -0.15) is 0 Å². The molecule has 0 aromatic heterocycles. The minimum Gasteiger partial charge on any atom is -0.387 e. The minimum atomic E-state index is -0.663. The molecule has 0 aliphatic carbocycles. The van der Waals surface area contributed by atoms with Gasteiger partial charge in [0.25, 0.3) is 0 Å². The van der Waals surface area contributed by atoms with Crippen LogP contribution in [0.2, 0.25) is 0 Å². The first kappa shape index (κ1) is 18.2. The van der Waals surface area contributed by atoms with Crippen LogP contribution in [-0.2, 0) is 11.2 Å². The average Bonchev–Trinajstić information content (AvgIpc) is 2.60. The SMILES string of the molecule is CC(C)c1ccc(C(O)CNC(=O)CCCc2ccccc2)cc1. The Kier molecular flexibility index (Phi) is 7.01. The van der Waals surface area contributed by atoms with Crippen LogP contribution in [0, 0.1) is 0 Å². The van der Waals surface area contributed by atoms with Gasteiger partial charge in [0, 0.05) is 13.0 Å². The highest BCUT2D eigenvalue weighted by Gasteiger charge is 2.10. The number of hydrogen-bond donors (Lipinski definition) is 2. The number of amides is 1. The summed E-state index contributed by atoms with van der Waals surface area (Å²) in [5.41, 5.74) is 3.33. The maximum Gasteiger partial charge on any atom is 0.220 e. The number of aliphatic hydroxyl groups is 1. The fraction of sp³-hybridized carbons (Fsp3) is 0.381. The van der Waals surface area contributed by atoms with Gasteiger partial charge in [-0.1, -0.05) is 68.4 Å². The number of aliphatic hydroxyl groups excluding tert-OH is 1. The molecule has 2 N–H and O–H groups in total. The second-order valence-electron chi connectivity index (χ2n) is 6.48. The highest BCUT2D eigenvalue weighted by molar-refractivity contribution is 5.75.